The lowest BCUT2D eigenvalue weighted by Gasteiger charge is -2.27. The summed E-state index contributed by atoms with van der Waals surface area (Å²) in [5.41, 5.74) is 0.0642. The molecule has 0 saturated heterocycles. The van der Waals surface area contributed by atoms with Gasteiger partial charge in [0.15, 0.2) is 0 Å². The van der Waals surface area contributed by atoms with Crippen LogP contribution in [0.2, 0.25) is 0 Å². The first kappa shape index (κ1) is 8.76. The van der Waals surface area contributed by atoms with Crippen molar-refractivity contribution in [3.63, 3.8) is 0 Å². The molecule has 1 saturated carbocycles. The summed E-state index contributed by atoms with van der Waals surface area (Å²) in [6.45, 7) is 4.34. The number of hydrogen-bond donors (Lipinski definition) is 0. The maximum Gasteiger partial charge on any atom is 0.126 e. The highest BCUT2D eigenvalue weighted by molar-refractivity contribution is 5.60. The van der Waals surface area contributed by atoms with Gasteiger partial charge < -0.3 is 4.79 Å². The molecule has 0 aromatic carbocycles. The van der Waals surface area contributed by atoms with Crippen molar-refractivity contribution in [2.75, 3.05) is 0 Å². The van der Waals surface area contributed by atoms with Crippen LogP contribution in [-0.2, 0) is 4.79 Å². The van der Waals surface area contributed by atoms with Crippen LogP contribution < -0.4 is 0 Å². The molecule has 0 spiro atoms. The number of hydrogen-bond acceptors (Lipinski definition) is 1. The second kappa shape index (κ2) is 3.38. The summed E-state index contributed by atoms with van der Waals surface area (Å²) in [5, 5.41) is 0. The van der Waals surface area contributed by atoms with Gasteiger partial charge in [0.05, 0.1) is 0 Å². The maximum atomic E-state index is 10.9. The SMILES string of the molecule is CCC1CCCC1(C=O)CC. The Labute approximate surface area is 69.2 Å². The summed E-state index contributed by atoms with van der Waals surface area (Å²) in [5.74, 6) is 0.671. The van der Waals surface area contributed by atoms with E-state index in [2.05, 4.69) is 13.8 Å². The molecule has 1 rings (SSSR count). The predicted octanol–water partition coefficient (Wildman–Crippen LogP) is 2.79. The number of aldehydes is 1. The Morgan fingerprint density at radius 3 is 2.64 bits per heavy atom. The molecule has 0 N–H and O–H groups in total. The second-order valence-electron chi connectivity index (χ2n) is 3.70. The van der Waals surface area contributed by atoms with Gasteiger partial charge in [-0.05, 0) is 25.2 Å². The smallest absolute Gasteiger partial charge is 0.126 e. The lowest BCUT2D eigenvalue weighted by Crippen LogP contribution is -2.25. The Morgan fingerprint density at radius 2 is 2.27 bits per heavy atom. The molecule has 0 amide bonds. The molecular weight excluding hydrogens is 136 g/mol. The van der Waals surface area contributed by atoms with Crippen molar-refractivity contribution in [3.05, 3.63) is 0 Å². The molecule has 0 aromatic heterocycles. The van der Waals surface area contributed by atoms with Crippen molar-refractivity contribution in [3.8, 4) is 0 Å². The summed E-state index contributed by atoms with van der Waals surface area (Å²) in [7, 11) is 0. The van der Waals surface area contributed by atoms with Gasteiger partial charge in [0, 0.05) is 5.41 Å². The first-order chi connectivity index (χ1) is 5.29. The van der Waals surface area contributed by atoms with E-state index in [0.717, 1.165) is 12.8 Å². The molecule has 1 nitrogen and oxygen atoms in total. The fraction of sp³-hybridized carbons (Fsp3) is 0.900. The average molecular weight is 154 g/mol. The Bertz CT molecular complexity index is 142. The lowest BCUT2D eigenvalue weighted by molar-refractivity contribution is -0.118. The zero-order valence-electron chi connectivity index (χ0n) is 7.60. The first-order valence-electron chi connectivity index (χ1n) is 4.75. The van der Waals surface area contributed by atoms with E-state index in [1.54, 1.807) is 0 Å². The highest BCUT2D eigenvalue weighted by Crippen LogP contribution is 2.45. The molecule has 2 unspecified atom stereocenters. The topological polar surface area (TPSA) is 17.1 Å². The Morgan fingerprint density at radius 1 is 1.55 bits per heavy atom. The molecule has 1 fully saturated rings. The Hall–Kier alpha value is -0.330. The van der Waals surface area contributed by atoms with E-state index < -0.39 is 0 Å². The van der Waals surface area contributed by atoms with Gasteiger partial charge in [-0.15, -0.1) is 0 Å². The molecule has 2 atom stereocenters. The highest BCUT2D eigenvalue weighted by Gasteiger charge is 2.39. The third-order valence-electron chi connectivity index (χ3n) is 3.39. The zero-order chi connectivity index (χ0) is 8.32. The van der Waals surface area contributed by atoms with Gasteiger partial charge in [-0.2, -0.15) is 0 Å². The Balaban J connectivity index is 2.71. The summed E-state index contributed by atoms with van der Waals surface area (Å²) >= 11 is 0. The first-order valence-corrected chi connectivity index (χ1v) is 4.75. The lowest BCUT2D eigenvalue weighted by atomic mass is 9.76. The fourth-order valence-corrected chi connectivity index (χ4v) is 2.48. The summed E-state index contributed by atoms with van der Waals surface area (Å²) in [4.78, 5) is 10.9. The molecule has 1 heteroatoms. The van der Waals surface area contributed by atoms with Crippen molar-refractivity contribution in [1.82, 2.24) is 0 Å². The van der Waals surface area contributed by atoms with Crippen molar-refractivity contribution >= 4 is 6.29 Å². The van der Waals surface area contributed by atoms with Gasteiger partial charge >= 0.3 is 0 Å². The highest BCUT2D eigenvalue weighted by atomic mass is 16.1. The van der Waals surface area contributed by atoms with Crippen LogP contribution in [0, 0.1) is 11.3 Å². The largest absolute Gasteiger partial charge is 0.303 e. The number of rotatable bonds is 3. The van der Waals surface area contributed by atoms with Crippen LogP contribution in [0.3, 0.4) is 0 Å². The van der Waals surface area contributed by atoms with Crippen molar-refractivity contribution in [1.29, 1.82) is 0 Å². The quantitative estimate of drug-likeness (QED) is 0.571. The van der Waals surface area contributed by atoms with Crippen LogP contribution >= 0.6 is 0 Å². The predicted molar refractivity (Wildman–Crippen MR) is 46.4 cm³/mol. The number of carbonyl (C=O) groups excluding carboxylic acids is 1. The van der Waals surface area contributed by atoms with Crippen LogP contribution in [0.4, 0.5) is 0 Å². The van der Waals surface area contributed by atoms with E-state index in [1.807, 2.05) is 0 Å². The molecule has 64 valence electrons. The summed E-state index contributed by atoms with van der Waals surface area (Å²) in [6.07, 6.45) is 7.08. The second-order valence-corrected chi connectivity index (χ2v) is 3.70. The average Bonchev–Trinajstić information content (AvgIpc) is 2.47. The van der Waals surface area contributed by atoms with E-state index in [1.165, 1.54) is 25.5 Å². The molecule has 0 heterocycles. The van der Waals surface area contributed by atoms with Gasteiger partial charge in [0.25, 0.3) is 0 Å². The van der Waals surface area contributed by atoms with E-state index >= 15 is 0 Å². The molecule has 1 aliphatic rings. The minimum atomic E-state index is 0.0642. The molecule has 1 aliphatic carbocycles. The molecular formula is C10H18O. The van der Waals surface area contributed by atoms with Gasteiger partial charge in [-0.1, -0.05) is 26.7 Å². The third kappa shape index (κ3) is 1.33. The van der Waals surface area contributed by atoms with Crippen LogP contribution in [0.1, 0.15) is 46.0 Å². The van der Waals surface area contributed by atoms with Crippen LogP contribution in [0.15, 0.2) is 0 Å². The Kier molecular flexibility index (Phi) is 2.69. The van der Waals surface area contributed by atoms with Crippen molar-refractivity contribution < 1.29 is 4.79 Å². The van der Waals surface area contributed by atoms with Gasteiger partial charge in [0.1, 0.15) is 6.29 Å². The standard InChI is InChI=1S/C10H18O/c1-3-9-6-5-7-10(9,4-2)8-11/h8-9H,3-7H2,1-2H3. The van der Waals surface area contributed by atoms with Crippen LogP contribution in [0.5, 0.6) is 0 Å². The fourth-order valence-electron chi connectivity index (χ4n) is 2.48. The molecule has 0 radical (unpaired) electrons. The normalized spacial score (nSPS) is 37.5. The van der Waals surface area contributed by atoms with Crippen molar-refractivity contribution in [2.24, 2.45) is 11.3 Å². The number of carbonyl (C=O) groups is 1. The van der Waals surface area contributed by atoms with Gasteiger partial charge in [-0.3, -0.25) is 0 Å². The van der Waals surface area contributed by atoms with Gasteiger partial charge in [0.2, 0.25) is 0 Å². The van der Waals surface area contributed by atoms with E-state index in [0.29, 0.717) is 5.92 Å². The molecule has 0 aromatic rings. The van der Waals surface area contributed by atoms with Crippen LogP contribution in [-0.4, -0.2) is 6.29 Å². The molecule has 0 bridgehead atoms. The van der Waals surface area contributed by atoms with Crippen molar-refractivity contribution in [2.45, 2.75) is 46.0 Å². The van der Waals surface area contributed by atoms with E-state index in [-0.39, 0.29) is 5.41 Å². The molecule has 0 aliphatic heterocycles. The maximum absolute atomic E-state index is 10.9. The van der Waals surface area contributed by atoms with Crippen LogP contribution in [0.25, 0.3) is 0 Å². The summed E-state index contributed by atoms with van der Waals surface area (Å²) in [6, 6.07) is 0. The summed E-state index contributed by atoms with van der Waals surface area (Å²) < 4.78 is 0. The monoisotopic (exact) mass is 154 g/mol. The van der Waals surface area contributed by atoms with Gasteiger partial charge in [-0.25, -0.2) is 0 Å². The van der Waals surface area contributed by atoms with E-state index in [9.17, 15) is 4.79 Å². The minimum Gasteiger partial charge on any atom is -0.303 e. The van der Waals surface area contributed by atoms with E-state index in [4.69, 9.17) is 0 Å². The zero-order valence-corrected chi connectivity index (χ0v) is 7.60. The molecule has 11 heavy (non-hydrogen) atoms. The minimum absolute atomic E-state index is 0.0642. The third-order valence-corrected chi connectivity index (χ3v) is 3.39.